The number of hydrogen-bond acceptors (Lipinski definition) is 6. The van der Waals surface area contributed by atoms with Gasteiger partial charge in [0.2, 0.25) is 0 Å². The Kier molecular flexibility index (Phi) is 4.99. The van der Waals surface area contributed by atoms with Crippen molar-refractivity contribution in [2.24, 2.45) is 5.41 Å². The Balaban J connectivity index is 1.36. The summed E-state index contributed by atoms with van der Waals surface area (Å²) < 4.78 is 7.57. The number of carbonyl (C=O) groups is 2. The number of aryl methyl sites for hydroxylation is 1. The fourth-order valence-corrected chi connectivity index (χ4v) is 4.89. The Hall–Kier alpha value is -2.22. The maximum Gasteiger partial charge on any atom is 0.312 e. The van der Waals surface area contributed by atoms with Crippen molar-refractivity contribution in [1.82, 2.24) is 19.4 Å². The number of ether oxygens (including phenoxy) is 1. The lowest BCUT2D eigenvalue weighted by Crippen LogP contribution is -2.45. The first-order chi connectivity index (χ1) is 13.1. The van der Waals surface area contributed by atoms with Gasteiger partial charge in [-0.25, -0.2) is 9.97 Å². The summed E-state index contributed by atoms with van der Waals surface area (Å²) >= 11 is 1.55. The number of esters is 1. The molecule has 0 aromatic carbocycles. The van der Waals surface area contributed by atoms with Gasteiger partial charge in [0.05, 0.1) is 23.3 Å². The number of imidazole rings is 1. The molecule has 1 spiro atoms. The highest BCUT2D eigenvalue weighted by Gasteiger charge is 2.50. The van der Waals surface area contributed by atoms with Gasteiger partial charge in [-0.15, -0.1) is 11.3 Å². The molecule has 144 valence electrons. The molecule has 2 fully saturated rings. The van der Waals surface area contributed by atoms with Crippen LogP contribution in [0.4, 0.5) is 0 Å². The second kappa shape index (κ2) is 7.42. The van der Waals surface area contributed by atoms with Crippen LogP contribution in [0.15, 0.2) is 24.1 Å². The molecule has 4 rings (SSSR count). The molecular weight excluding hydrogens is 364 g/mol. The maximum absolute atomic E-state index is 12.7. The first kappa shape index (κ1) is 18.2. The SMILES string of the molecule is CCCc1nc(C(=O)N2CCC3(CC2)CC(Cn2ccnc2)OC3=O)cs1. The van der Waals surface area contributed by atoms with Gasteiger partial charge in [-0.2, -0.15) is 0 Å². The Morgan fingerprint density at radius 1 is 1.41 bits per heavy atom. The largest absolute Gasteiger partial charge is 0.460 e. The van der Waals surface area contributed by atoms with Crippen molar-refractivity contribution in [3.63, 3.8) is 0 Å². The molecule has 4 heterocycles. The van der Waals surface area contributed by atoms with Gasteiger partial charge in [-0.3, -0.25) is 9.59 Å². The van der Waals surface area contributed by atoms with Crippen molar-refractivity contribution in [2.75, 3.05) is 13.1 Å². The summed E-state index contributed by atoms with van der Waals surface area (Å²) in [5.74, 6) is -0.136. The van der Waals surface area contributed by atoms with Crippen LogP contribution in [-0.2, 0) is 22.5 Å². The normalized spacial score (nSPS) is 21.6. The molecule has 8 heteroatoms. The van der Waals surface area contributed by atoms with Gasteiger partial charge in [0, 0.05) is 37.3 Å². The lowest BCUT2D eigenvalue weighted by Gasteiger charge is -2.36. The van der Waals surface area contributed by atoms with E-state index < -0.39 is 5.41 Å². The summed E-state index contributed by atoms with van der Waals surface area (Å²) in [4.78, 5) is 35.6. The van der Waals surface area contributed by atoms with Gasteiger partial charge in [0.25, 0.3) is 5.91 Å². The smallest absolute Gasteiger partial charge is 0.312 e. The van der Waals surface area contributed by atoms with Gasteiger partial charge in [0.1, 0.15) is 11.8 Å². The number of hydrogen-bond donors (Lipinski definition) is 0. The standard InChI is InChI=1S/C19H24N4O3S/c1-2-3-16-21-15(12-27-16)17(24)23-7-4-19(5-8-23)10-14(26-18(19)25)11-22-9-6-20-13-22/h6,9,12-14H,2-5,7-8,10-11H2,1H3. The van der Waals surface area contributed by atoms with Gasteiger partial charge in [0.15, 0.2) is 0 Å². The van der Waals surface area contributed by atoms with Crippen molar-refractivity contribution < 1.29 is 14.3 Å². The van der Waals surface area contributed by atoms with E-state index in [1.807, 2.05) is 21.0 Å². The Bertz CT molecular complexity index is 809. The average molecular weight is 388 g/mol. The summed E-state index contributed by atoms with van der Waals surface area (Å²) in [6.45, 7) is 3.89. The number of aromatic nitrogens is 3. The molecule has 2 aromatic rings. The lowest BCUT2D eigenvalue weighted by molar-refractivity contribution is -0.150. The lowest BCUT2D eigenvalue weighted by atomic mass is 9.76. The van der Waals surface area contributed by atoms with Gasteiger partial charge in [-0.1, -0.05) is 6.92 Å². The quantitative estimate of drug-likeness (QED) is 0.736. The molecule has 2 aliphatic rings. The summed E-state index contributed by atoms with van der Waals surface area (Å²) in [7, 11) is 0. The molecule has 0 saturated carbocycles. The first-order valence-electron chi connectivity index (χ1n) is 9.50. The van der Waals surface area contributed by atoms with Crippen molar-refractivity contribution >= 4 is 23.2 Å². The van der Waals surface area contributed by atoms with Crippen LogP contribution in [0.5, 0.6) is 0 Å². The molecule has 0 bridgehead atoms. The van der Waals surface area contributed by atoms with E-state index in [4.69, 9.17) is 4.74 Å². The molecule has 7 nitrogen and oxygen atoms in total. The molecule has 27 heavy (non-hydrogen) atoms. The number of piperidine rings is 1. The summed E-state index contributed by atoms with van der Waals surface area (Å²) in [5.41, 5.74) is 0.0867. The number of amides is 1. The van der Waals surface area contributed by atoms with Crippen molar-refractivity contribution in [3.05, 3.63) is 34.8 Å². The second-order valence-electron chi connectivity index (χ2n) is 7.44. The van der Waals surface area contributed by atoms with Crippen LogP contribution < -0.4 is 0 Å². The Labute approximate surface area is 162 Å². The molecule has 2 saturated heterocycles. The Morgan fingerprint density at radius 3 is 2.93 bits per heavy atom. The molecular formula is C19H24N4O3S. The van der Waals surface area contributed by atoms with Crippen LogP contribution in [0.25, 0.3) is 0 Å². The minimum Gasteiger partial charge on any atom is -0.460 e. The van der Waals surface area contributed by atoms with Gasteiger partial charge >= 0.3 is 5.97 Å². The van der Waals surface area contributed by atoms with E-state index in [1.165, 1.54) is 0 Å². The minimum absolute atomic E-state index is 0.0233. The molecule has 1 amide bonds. The van der Waals surface area contributed by atoms with Crippen LogP contribution in [0.3, 0.4) is 0 Å². The predicted octanol–water partition coefficient (Wildman–Crippen LogP) is 2.53. The number of thiazole rings is 1. The third-order valence-corrected chi connectivity index (χ3v) is 6.45. The van der Waals surface area contributed by atoms with E-state index in [0.717, 1.165) is 17.8 Å². The second-order valence-corrected chi connectivity index (χ2v) is 8.38. The molecule has 2 aromatic heterocycles. The highest BCUT2D eigenvalue weighted by Crippen LogP contribution is 2.43. The summed E-state index contributed by atoms with van der Waals surface area (Å²) in [6, 6.07) is 0. The summed E-state index contributed by atoms with van der Waals surface area (Å²) in [5, 5.41) is 2.86. The zero-order chi connectivity index (χ0) is 18.9. The number of carbonyl (C=O) groups excluding carboxylic acids is 2. The maximum atomic E-state index is 12.7. The molecule has 0 N–H and O–H groups in total. The van der Waals surface area contributed by atoms with E-state index in [-0.39, 0.29) is 18.0 Å². The monoisotopic (exact) mass is 388 g/mol. The fraction of sp³-hybridized carbons (Fsp3) is 0.579. The molecule has 1 atom stereocenters. The van der Waals surface area contributed by atoms with E-state index >= 15 is 0 Å². The molecule has 0 aliphatic carbocycles. The van der Waals surface area contributed by atoms with Crippen LogP contribution in [0.2, 0.25) is 0 Å². The van der Waals surface area contributed by atoms with Crippen molar-refractivity contribution in [1.29, 1.82) is 0 Å². The van der Waals surface area contributed by atoms with E-state index in [0.29, 0.717) is 44.6 Å². The molecule has 0 radical (unpaired) electrons. The number of cyclic esters (lactones) is 1. The third-order valence-electron chi connectivity index (χ3n) is 5.54. The first-order valence-corrected chi connectivity index (χ1v) is 10.4. The molecule has 2 aliphatic heterocycles. The Morgan fingerprint density at radius 2 is 2.22 bits per heavy atom. The fourth-order valence-electron chi connectivity index (χ4n) is 4.01. The third kappa shape index (κ3) is 3.63. The van der Waals surface area contributed by atoms with E-state index in [2.05, 4.69) is 16.9 Å². The van der Waals surface area contributed by atoms with Gasteiger partial charge < -0.3 is 14.2 Å². The van der Waals surface area contributed by atoms with Gasteiger partial charge in [-0.05, 0) is 25.7 Å². The van der Waals surface area contributed by atoms with Crippen LogP contribution in [0.1, 0.15) is 48.1 Å². The van der Waals surface area contributed by atoms with E-state index in [1.54, 1.807) is 23.9 Å². The van der Waals surface area contributed by atoms with E-state index in [9.17, 15) is 9.59 Å². The number of nitrogens with zero attached hydrogens (tertiary/aromatic N) is 4. The van der Waals surface area contributed by atoms with Crippen LogP contribution in [0, 0.1) is 5.41 Å². The van der Waals surface area contributed by atoms with Crippen LogP contribution in [-0.4, -0.2) is 50.5 Å². The zero-order valence-corrected chi connectivity index (χ0v) is 16.3. The topological polar surface area (TPSA) is 77.3 Å². The highest BCUT2D eigenvalue weighted by molar-refractivity contribution is 7.09. The van der Waals surface area contributed by atoms with Crippen LogP contribution >= 0.6 is 11.3 Å². The highest BCUT2D eigenvalue weighted by atomic mass is 32.1. The zero-order valence-electron chi connectivity index (χ0n) is 15.5. The average Bonchev–Trinajstić information content (AvgIpc) is 3.39. The number of likely N-dealkylation sites (tertiary alicyclic amines) is 1. The molecule has 1 unspecified atom stereocenters. The van der Waals surface area contributed by atoms with Crippen molar-refractivity contribution in [2.45, 2.75) is 51.7 Å². The number of rotatable bonds is 5. The van der Waals surface area contributed by atoms with Crippen molar-refractivity contribution in [3.8, 4) is 0 Å². The predicted molar refractivity (Wildman–Crippen MR) is 100 cm³/mol. The summed E-state index contributed by atoms with van der Waals surface area (Å²) in [6.07, 6.45) is 9.17. The minimum atomic E-state index is -0.447.